The van der Waals surface area contributed by atoms with E-state index in [0.29, 0.717) is 11.5 Å². The summed E-state index contributed by atoms with van der Waals surface area (Å²) in [5.41, 5.74) is 6.40. The van der Waals surface area contributed by atoms with Crippen LogP contribution in [0.2, 0.25) is 0 Å². The number of nitrogens with two attached hydrogens (primary N) is 1. The van der Waals surface area contributed by atoms with Crippen LogP contribution >= 0.6 is 0 Å². The molecule has 0 radical (unpaired) electrons. The lowest BCUT2D eigenvalue weighted by Gasteiger charge is -2.25. The third-order valence-corrected chi connectivity index (χ3v) is 4.88. The van der Waals surface area contributed by atoms with Gasteiger partial charge in [-0.15, -0.1) is 0 Å². The molecule has 0 aliphatic heterocycles. The van der Waals surface area contributed by atoms with Crippen molar-refractivity contribution >= 4 is 0 Å². The zero-order valence-electron chi connectivity index (χ0n) is 10.7. The van der Waals surface area contributed by atoms with Crippen LogP contribution in [0.3, 0.4) is 0 Å². The molecule has 2 aliphatic rings. The minimum atomic E-state index is -1.42. The highest BCUT2D eigenvalue weighted by molar-refractivity contribution is 5.22. The van der Waals surface area contributed by atoms with Crippen LogP contribution in [-0.2, 0) is 0 Å². The van der Waals surface area contributed by atoms with Gasteiger partial charge in [0.05, 0.1) is 0 Å². The second kappa shape index (κ2) is 4.82. The Balaban J connectivity index is 1.72. The van der Waals surface area contributed by atoms with Crippen LogP contribution in [0.4, 0.5) is 13.2 Å². The molecule has 0 heterocycles. The molecule has 0 aromatic heterocycles. The van der Waals surface area contributed by atoms with E-state index in [0.717, 1.165) is 30.4 Å². The molecule has 2 aliphatic carbocycles. The van der Waals surface area contributed by atoms with Crippen LogP contribution in [0.5, 0.6) is 0 Å². The molecule has 19 heavy (non-hydrogen) atoms. The van der Waals surface area contributed by atoms with Gasteiger partial charge >= 0.3 is 0 Å². The molecule has 3 rings (SSSR count). The zero-order valence-corrected chi connectivity index (χ0v) is 10.7. The summed E-state index contributed by atoms with van der Waals surface area (Å²) in [6.45, 7) is 0. The first-order valence-electron chi connectivity index (χ1n) is 6.94. The first-order valence-corrected chi connectivity index (χ1v) is 6.94. The first kappa shape index (κ1) is 13.0. The van der Waals surface area contributed by atoms with Crippen molar-refractivity contribution < 1.29 is 13.2 Å². The van der Waals surface area contributed by atoms with E-state index < -0.39 is 23.5 Å². The van der Waals surface area contributed by atoms with Gasteiger partial charge in [0.25, 0.3) is 0 Å². The molecule has 0 saturated heterocycles. The van der Waals surface area contributed by atoms with Crippen LogP contribution in [0.15, 0.2) is 12.1 Å². The Morgan fingerprint density at radius 2 is 1.79 bits per heavy atom. The fourth-order valence-electron chi connectivity index (χ4n) is 3.92. The van der Waals surface area contributed by atoms with Gasteiger partial charge in [-0.05, 0) is 61.1 Å². The lowest BCUT2D eigenvalue weighted by Crippen LogP contribution is -2.20. The second-order valence-electron chi connectivity index (χ2n) is 6.08. The quantitative estimate of drug-likeness (QED) is 0.827. The van der Waals surface area contributed by atoms with Crippen molar-refractivity contribution in [3.05, 3.63) is 35.1 Å². The van der Waals surface area contributed by atoms with Crippen LogP contribution in [0, 0.1) is 35.2 Å². The number of benzene rings is 1. The van der Waals surface area contributed by atoms with E-state index in [2.05, 4.69) is 0 Å². The largest absolute Gasteiger partial charge is 0.324 e. The number of halogens is 3. The van der Waals surface area contributed by atoms with E-state index in [4.69, 9.17) is 5.73 Å². The van der Waals surface area contributed by atoms with Crippen molar-refractivity contribution in [2.75, 3.05) is 0 Å². The van der Waals surface area contributed by atoms with Crippen LogP contribution < -0.4 is 5.73 Å². The number of hydrogen-bond donors (Lipinski definition) is 1. The van der Waals surface area contributed by atoms with E-state index >= 15 is 0 Å². The average molecular weight is 269 g/mol. The summed E-state index contributed by atoms with van der Waals surface area (Å²) in [4.78, 5) is 0. The van der Waals surface area contributed by atoms with E-state index in [1.54, 1.807) is 0 Å². The van der Waals surface area contributed by atoms with Crippen molar-refractivity contribution in [1.29, 1.82) is 0 Å². The molecule has 1 nitrogen and oxygen atoms in total. The van der Waals surface area contributed by atoms with Gasteiger partial charge in [0.15, 0.2) is 17.5 Å². The number of hydrogen-bond acceptors (Lipinski definition) is 1. The Labute approximate surface area is 111 Å². The van der Waals surface area contributed by atoms with Gasteiger partial charge in [-0.1, -0.05) is 6.42 Å². The average Bonchev–Trinajstić information content (AvgIpc) is 2.97. The van der Waals surface area contributed by atoms with Crippen LogP contribution in [-0.4, -0.2) is 0 Å². The number of fused-ring (bicyclic) bond motifs is 2. The first-order chi connectivity index (χ1) is 9.04. The van der Waals surface area contributed by atoms with Crippen molar-refractivity contribution in [3.63, 3.8) is 0 Å². The molecule has 1 aromatic carbocycles. The molecular formula is C15H18F3N. The Hall–Kier alpha value is -1.03. The molecule has 2 bridgehead atoms. The zero-order chi connectivity index (χ0) is 13.6. The highest BCUT2D eigenvalue weighted by Gasteiger charge is 2.39. The molecule has 2 fully saturated rings. The summed E-state index contributed by atoms with van der Waals surface area (Å²) in [6, 6.07) is 1.64. The van der Waals surface area contributed by atoms with Crippen molar-refractivity contribution in [3.8, 4) is 0 Å². The summed E-state index contributed by atoms with van der Waals surface area (Å²) >= 11 is 0. The Morgan fingerprint density at radius 1 is 1.11 bits per heavy atom. The van der Waals surface area contributed by atoms with Gasteiger partial charge in [-0.2, -0.15) is 0 Å². The van der Waals surface area contributed by atoms with E-state index in [1.165, 1.54) is 25.7 Å². The Bertz CT molecular complexity index is 465. The molecule has 4 unspecified atom stereocenters. The maximum absolute atomic E-state index is 13.2. The number of rotatable bonds is 3. The Morgan fingerprint density at radius 3 is 2.32 bits per heavy atom. The van der Waals surface area contributed by atoms with Crippen molar-refractivity contribution in [2.45, 2.75) is 38.1 Å². The maximum Gasteiger partial charge on any atom is 0.194 e. The van der Waals surface area contributed by atoms with Gasteiger partial charge in [-0.3, -0.25) is 0 Å². The lowest BCUT2D eigenvalue weighted by molar-refractivity contribution is 0.295. The van der Waals surface area contributed by atoms with Gasteiger partial charge < -0.3 is 5.73 Å². The van der Waals surface area contributed by atoms with E-state index in [9.17, 15) is 13.2 Å². The molecule has 2 N–H and O–H groups in total. The standard InChI is InChI=1S/C15H18F3N/c16-12-5-11(6-13(17)15(12)18)14(19)7-10-4-8-1-2-9(10)3-8/h5-6,8-10,14H,1-4,7,19H2. The van der Waals surface area contributed by atoms with Gasteiger partial charge in [0, 0.05) is 6.04 Å². The molecule has 104 valence electrons. The maximum atomic E-state index is 13.2. The monoisotopic (exact) mass is 269 g/mol. The minimum Gasteiger partial charge on any atom is -0.324 e. The predicted molar refractivity (Wildman–Crippen MR) is 66.8 cm³/mol. The molecule has 4 heteroatoms. The SMILES string of the molecule is NC(CC1CC2CCC1C2)c1cc(F)c(F)c(F)c1. The summed E-state index contributed by atoms with van der Waals surface area (Å²) in [7, 11) is 0. The van der Waals surface area contributed by atoms with E-state index in [1.807, 2.05) is 0 Å². The molecular weight excluding hydrogens is 251 g/mol. The summed E-state index contributed by atoms with van der Waals surface area (Å²) in [5, 5.41) is 0. The second-order valence-corrected chi connectivity index (χ2v) is 6.08. The normalized spacial score (nSPS) is 30.8. The van der Waals surface area contributed by atoms with Gasteiger partial charge in [0.2, 0.25) is 0 Å². The van der Waals surface area contributed by atoms with Gasteiger partial charge in [0.1, 0.15) is 0 Å². The summed E-state index contributed by atoms with van der Waals surface area (Å²) in [6.07, 6.45) is 5.78. The molecule has 4 atom stereocenters. The third-order valence-electron chi connectivity index (χ3n) is 4.88. The third kappa shape index (κ3) is 2.38. The smallest absolute Gasteiger partial charge is 0.194 e. The molecule has 2 saturated carbocycles. The van der Waals surface area contributed by atoms with Crippen LogP contribution in [0.25, 0.3) is 0 Å². The van der Waals surface area contributed by atoms with Crippen LogP contribution in [0.1, 0.15) is 43.7 Å². The molecule has 0 spiro atoms. The Kier molecular flexibility index (Phi) is 3.29. The van der Waals surface area contributed by atoms with Crippen molar-refractivity contribution in [2.24, 2.45) is 23.5 Å². The minimum absolute atomic E-state index is 0.360. The fourth-order valence-corrected chi connectivity index (χ4v) is 3.92. The van der Waals surface area contributed by atoms with E-state index in [-0.39, 0.29) is 0 Å². The fraction of sp³-hybridized carbons (Fsp3) is 0.600. The highest BCUT2D eigenvalue weighted by Crippen LogP contribution is 2.50. The lowest BCUT2D eigenvalue weighted by atomic mass is 9.83. The molecule has 0 amide bonds. The topological polar surface area (TPSA) is 26.0 Å². The molecule has 1 aromatic rings. The predicted octanol–water partition coefficient (Wildman–Crippen LogP) is 3.93. The van der Waals surface area contributed by atoms with Gasteiger partial charge in [-0.25, -0.2) is 13.2 Å². The summed E-state index contributed by atoms with van der Waals surface area (Å²) < 4.78 is 39.3. The van der Waals surface area contributed by atoms with Crippen molar-refractivity contribution in [1.82, 2.24) is 0 Å². The highest BCUT2D eigenvalue weighted by atomic mass is 19.2. The summed E-state index contributed by atoms with van der Waals surface area (Å²) in [5.74, 6) is -1.62.